The van der Waals surface area contributed by atoms with Gasteiger partial charge in [0.1, 0.15) is 11.3 Å². The Hall–Kier alpha value is -2.96. The first-order valence-corrected chi connectivity index (χ1v) is 11.5. The Kier molecular flexibility index (Phi) is 10.3. The number of hydrogen-bond donors (Lipinski definition) is 1. The number of carbonyl (C=O) groups excluding carboxylic acids is 2. The number of phenols is 1. The van der Waals surface area contributed by atoms with Crippen LogP contribution in [0.1, 0.15) is 60.4 Å². The highest BCUT2D eigenvalue weighted by molar-refractivity contribution is 6.02. The maximum Gasteiger partial charge on any atom is 0.343 e. The Labute approximate surface area is 197 Å². The van der Waals surface area contributed by atoms with Gasteiger partial charge in [0, 0.05) is 13.1 Å². The third-order valence-electron chi connectivity index (χ3n) is 5.80. The second-order valence-electron chi connectivity index (χ2n) is 8.09. The summed E-state index contributed by atoms with van der Waals surface area (Å²) in [4.78, 5) is 27.7. The van der Waals surface area contributed by atoms with Crippen molar-refractivity contribution in [1.29, 1.82) is 0 Å². The Morgan fingerprint density at radius 3 is 2.24 bits per heavy atom. The third kappa shape index (κ3) is 7.55. The van der Waals surface area contributed by atoms with E-state index in [1.807, 2.05) is 18.7 Å². The minimum Gasteiger partial charge on any atom is -0.506 e. The number of ketones is 1. The maximum absolute atomic E-state index is 12.1. The second kappa shape index (κ2) is 12.9. The number of nitrogens with zero attached hydrogens (tertiary/aromatic N) is 2. The Bertz CT molecular complexity index is 952. The highest BCUT2D eigenvalue weighted by atomic mass is 16.6. The van der Waals surface area contributed by atoms with E-state index >= 15 is 0 Å². The summed E-state index contributed by atoms with van der Waals surface area (Å²) in [5.41, 5.74) is 3.01. The molecule has 33 heavy (non-hydrogen) atoms. The first-order valence-electron chi connectivity index (χ1n) is 11.5. The normalized spacial score (nSPS) is 14.7. The van der Waals surface area contributed by atoms with Crippen molar-refractivity contribution in [1.82, 2.24) is 9.80 Å². The van der Waals surface area contributed by atoms with Gasteiger partial charge >= 0.3 is 5.97 Å². The predicted molar refractivity (Wildman–Crippen MR) is 132 cm³/mol. The van der Waals surface area contributed by atoms with Gasteiger partial charge in [-0.25, -0.2) is 4.79 Å². The Morgan fingerprint density at radius 2 is 1.70 bits per heavy atom. The van der Waals surface area contributed by atoms with Gasteiger partial charge < -0.3 is 14.7 Å². The maximum atomic E-state index is 12.1. The van der Waals surface area contributed by atoms with Crippen molar-refractivity contribution in [3.05, 3.63) is 71.3 Å². The molecule has 6 heteroatoms. The van der Waals surface area contributed by atoms with E-state index in [0.717, 1.165) is 19.6 Å². The lowest BCUT2D eigenvalue weighted by Crippen LogP contribution is -2.36. The van der Waals surface area contributed by atoms with Gasteiger partial charge in [0.2, 0.25) is 0 Å². The van der Waals surface area contributed by atoms with Crippen LogP contribution < -0.4 is 0 Å². The molecule has 1 N–H and O–H groups in total. The molecule has 178 valence electrons. The van der Waals surface area contributed by atoms with Crippen LogP contribution in [-0.2, 0) is 4.74 Å². The number of carbonyl (C=O) groups is 2. The highest BCUT2D eigenvalue weighted by Gasteiger charge is 2.21. The SMILES string of the molecule is CCN(CC)C(C)OC(=O)c1cccc(C(C)=O)c1O.CN1CC=C(c2ccccc2)CC1. The smallest absolute Gasteiger partial charge is 0.343 e. The number of para-hydroxylation sites is 1. The Balaban J connectivity index is 0.000000254. The molecule has 0 saturated carbocycles. The minimum atomic E-state index is -0.634. The average molecular weight is 453 g/mol. The molecule has 0 spiro atoms. The molecule has 2 aromatic rings. The van der Waals surface area contributed by atoms with Crippen LogP contribution in [-0.4, -0.2) is 66.1 Å². The third-order valence-corrected chi connectivity index (χ3v) is 5.80. The molecule has 1 aliphatic heterocycles. The highest BCUT2D eigenvalue weighted by Crippen LogP contribution is 2.24. The van der Waals surface area contributed by atoms with E-state index in [1.54, 1.807) is 13.0 Å². The lowest BCUT2D eigenvalue weighted by molar-refractivity contribution is -0.0199. The molecule has 2 aromatic carbocycles. The predicted octanol–water partition coefficient (Wildman–Crippen LogP) is 4.84. The Morgan fingerprint density at radius 1 is 1.06 bits per heavy atom. The topological polar surface area (TPSA) is 70.1 Å². The number of aromatic hydroxyl groups is 1. The summed E-state index contributed by atoms with van der Waals surface area (Å²) in [6.07, 6.45) is 3.12. The fourth-order valence-corrected chi connectivity index (χ4v) is 3.71. The molecule has 0 aromatic heterocycles. The van der Waals surface area contributed by atoms with Gasteiger partial charge in [0.05, 0.1) is 5.56 Å². The lowest BCUT2D eigenvalue weighted by Gasteiger charge is -2.26. The molecule has 1 aliphatic rings. The van der Waals surface area contributed by atoms with Crippen molar-refractivity contribution in [3.63, 3.8) is 0 Å². The van der Waals surface area contributed by atoms with Gasteiger partial charge in [-0.3, -0.25) is 9.69 Å². The van der Waals surface area contributed by atoms with Crippen molar-refractivity contribution in [3.8, 4) is 5.75 Å². The molecular formula is C27H36N2O4. The summed E-state index contributed by atoms with van der Waals surface area (Å²) >= 11 is 0. The molecular weight excluding hydrogens is 416 g/mol. The van der Waals surface area contributed by atoms with Gasteiger partial charge in [-0.15, -0.1) is 0 Å². The summed E-state index contributed by atoms with van der Waals surface area (Å²) in [5.74, 6) is -1.25. The number of ether oxygens (including phenoxy) is 1. The zero-order valence-corrected chi connectivity index (χ0v) is 20.4. The molecule has 1 unspecified atom stereocenters. The molecule has 0 saturated heterocycles. The van der Waals surface area contributed by atoms with E-state index in [4.69, 9.17) is 4.74 Å². The van der Waals surface area contributed by atoms with Crippen molar-refractivity contribution in [2.75, 3.05) is 33.2 Å². The minimum absolute atomic E-state index is 0.0108. The number of likely N-dealkylation sites (N-methyl/N-ethyl adjacent to an activating group) is 1. The zero-order chi connectivity index (χ0) is 24.4. The van der Waals surface area contributed by atoms with Crippen LogP contribution in [0.5, 0.6) is 5.75 Å². The van der Waals surface area contributed by atoms with E-state index in [2.05, 4.69) is 48.4 Å². The van der Waals surface area contributed by atoms with Gasteiger partial charge in [0.15, 0.2) is 12.0 Å². The number of rotatable bonds is 7. The molecule has 6 nitrogen and oxygen atoms in total. The van der Waals surface area contributed by atoms with Crippen LogP contribution in [0.2, 0.25) is 0 Å². The average Bonchev–Trinajstić information content (AvgIpc) is 2.81. The molecule has 0 amide bonds. The van der Waals surface area contributed by atoms with Crippen LogP contribution >= 0.6 is 0 Å². The fraction of sp³-hybridized carbons (Fsp3) is 0.407. The molecule has 0 bridgehead atoms. The lowest BCUT2D eigenvalue weighted by atomic mass is 10.00. The van der Waals surface area contributed by atoms with E-state index in [1.165, 1.54) is 43.2 Å². The van der Waals surface area contributed by atoms with Crippen LogP contribution in [0.4, 0.5) is 0 Å². The first kappa shape index (κ1) is 26.3. The summed E-state index contributed by atoms with van der Waals surface area (Å²) in [6.45, 7) is 10.8. The van der Waals surface area contributed by atoms with Crippen molar-refractivity contribution >= 4 is 17.3 Å². The number of hydrogen-bond acceptors (Lipinski definition) is 6. The summed E-state index contributed by atoms with van der Waals surface area (Å²) in [7, 11) is 2.16. The summed E-state index contributed by atoms with van der Waals surface area (Å²) in [6, 6.07) is 15.1. The molecule has 0 fully saturated rings. The van der Waals surface area contributed by atoms with E-state index in [0.29, 0.717) is 0 Å². The number of phenolic OH excluding ortho intramolecular Hbond substituents is 1. The van der Waals surface area contributed by atoms with Crippen LogP contribution in [0.25, 0.3) is 5.57 Å². The standard InChI is InChI=1S/C15H21NO4.C12H15N/c1-5-16(6-2)11(4)20-15(19)13-9-7-8-12(10(3)17)14(13)18;1-13-9-7-12(8-10-13)11-5-3-2-4-6-11/h7-9,11,18H,5-6H2,1-4H3;2-7H,8-10H2,1H3. The largest absolute Gasteiger partial charge is 0.506 e. The zero-order valence-electron chi connectivity index (χ0n) is 20.4. The molecule has 1 atom stereocenters. The van der Waals surface area contributed by atoms with E-state index in [9.17, 15) is 14.7 Å². The van der Waals surface area contributed by atoms with Crippen molar-refractivity contribution in [2.45, 2.75) is 40.3 Å². The number of Topliss-reactive ketones (excluding diaryl/α,β-unsaturated/α-hetero) is 1. The van der Waals surface area contributed by atoms with Crippen molar-refractivity contribution in [2.24, 2.45) is 0 Å². The number of benzene rings is 2. The monoisotopic (exact) mass is 452 g/mol. The molecule has 1 heterocycles. The number of esters is 1. The fourth-order valence-electron chi connectivity index (χ4n) is 3.71. The summed E-state index contributed by atoms with van der Waals surface area (Å²) in [5, 5.41) is 9.96. The van der Waals surface area contributed by atoms with E-state index in [-0.39, 0.29) is 22.7 Å². The van der Waals surface area contributed by atoms with Gasteiger partial charge in [0.25, 0.3) is 0 Å². The summed E-state index contributed by atoms with van der Waals surface area (Å²) < 4.78 is 5.31. The molecule has 0 radical (unpaired) electrons. The quantitative estimate of drug-likeness (QED) is 0.368. The van der Waals surface area contributed by atoms with Crippen LogP contribution in [0.3, 0.4) is 0 Å². The van der Waals surface area contributed by atoms with Crippen LogP contribution in [0, 0.1) is 0 Å². The van der Waals surface area contributed by atoms with Crippen molar-refractivity contribution < 1.29 is 19.4 Å². The first-order chi connectivity index (χ1) is 15.8. The molecule has 3 rings (SSSR count). The van der Waals surface area contributed by atoms with Gasteiger partial charge in [-0.05, 0) is 63.7 Å². The van der Waals surface area contributed by atoms with Crippen LogP contribution in [0.15, 0.2) is 54.6 Å². The van der Waals surface area contributed by atoms with Gasteiger partial charge in [-0.2, -0.15) is 0 Å². The van der Waals surface area contributed by atoms with E-state index < -0.39 is 12.2 Å². The molecule has 0 aliphatic carbocycles. The second-order valence-corrected chi connectivity index (χ2v) is 8.09. The van der Waals surface area contributed by atoms with Gasteiger partial charge in [-0.1, -0.05) is 56.3 Å².